The van der Waals surface area contributed by atoms with Gasteiger partial charge in [-0.3, -0.25) is 9.56 Å². The maximum atomic E-state index is 10.7. The number of carbonyl (C=O) groups excluding carboxylic acids is 1. The summed E-state index contributed by atoms with van der Waals surface area (Å²) >= 11 is 6.06. The van der Waals surface area contributed by atoms with Crippen LogP contribution in [0.25, 0.3) is 0 Å². The molecule has 1 heterocycles. The van der Waals surface area contributed by atoms with Gasteiger partial charge >= 0.3 is 0 Å². The molecule has 1 N–H and O–H groups in total. The highest BCUT2D eigenvalue weighted by Crippen LogP contribution is 2.29. The number of aliphatic imine (C=N–C) groups is 1. The van der Waals surface area contributed by atoms with Crippen LogP contribution in [0.2, 0.25) is 0 Å². The Bertz CT molecular complexity index is 788. The summed E-state index contributed by atoms with van der Waals surface area (Å²) in [5.41, 5.74) is 0.548. The average Bonchev–Trinajstić information content (AvgIpc) is 2.79. The number of carboxylic acids is 1. The molecular weight excluding hydrogens is 340 g/mol. The zero-order valence-corrected chi connectivity index (χ0v) is 13.9. The molecule has 2 aromatic rings. The van der Waals surface area contributed by atoms with Gasteiger partial charge in [-0.25, -0.2) is 0 Å². The minimum atomic E-state index is -1.34. The second kappa shape index (κ2) is 7.25. The maximum Gasteiger partial charge on any atom is 0.212 e. The molecule has 0 saturated carbocycles. The van der Waals surface area contributed by atoms with Crippen molar-refractivity contribution in [3.8, 4) is 17.4 Å². The first kappa shape index (κ1) is 17.0. The highest BCUT2D eigenvalue weighted by atomic mass is 32.1. The first-order valence-corrected chi connectivity index (χ1v) is 7.56. The molecule has 0 aliphatic heterocycles. The summed E-state index contributed by atoms with van der Waals surface area (Å²) in [5, 5.41) is 20.7. The summed E-state index contributed by atoms with van der Waals surface area (Å²) in [7, 11) is 3.05. The lowest BCUT2D eigenvalue weighted by Crippen LogP contribution is -2.27. The van der Waals surface area contributed by atoms with Crippen LogP contribution < -0.4 is 14.6 Å². The molecule has 0 atom stereocenters. The third-order valence-corrected chi connectivity index (χ3v) is 4.22. The molecule has 0 spiro atoms. The Morgan fingerprint density at radius 1 is 1.39 bits per heavy atom. The van der Waals surface area contributed by atoms with Crippen LogP contribution in [0, 0.1) is 3.95 Å². The predicted octanol–water partition coefficient (Wildman–Crippen LogP) is 1.50. The van der Waals surface area contributed by atoms with Crippen molar-refractivity contribution >= 4 is 41.4 Å². The molecule has 2 rings (SSSR count). The van der Waals surface area contributed by atoms with Crippen molar-refractivity contribution in [2.75, 3.05) is 14.2 Å². The monoisotopic (exact) mass is 353 g/mol. The van der Waals surface area contributed by atoms with E-state index in [2.05, 4.69) is 4.99 Å². The van der Waals surface area contributed by atoms with E-state index in [9.17, 15) is 15.0 Å². The van der Waals surface area contributed by atoms with Crippen LogP contribution in [0.4, 0.5) is 5.69 Å². The van der Waals surface area contributed by atoms with Gasteiger partial charge in [0.2, 0.25) is 5.88 Å². The number of ether oxygens (including phenoxy) is 2. The van der Waals surface area contributed by atoms with Gasteiger partial charge in [-0.15, -0.1) is 0 Å². The van der Waals surface area contributed by atoms with E-state index in [1.54, 1.807) is 18.2 Å². The number of hydrogen-bond acceptors (Lipinski definition) is 8. The lowest BCUT2D eigenvalue weighted by Gasteiger charge is -2.05. The van der Waals surface area contributed by atoms with Gasteiger partial charge in [-0.2, -0.15) is 0 Å². The van der Waals surface area contributed by atoms with E-state index in [1.807, 2.05) is 0 Å². The number of carbonyl (C=O) groups is 1. The molecule has 0 aliphatic carbocycles. The zero-order valence-electron chi connectivity index (χ0n) is 12.3. The molecule has 0 bridgehead atoms. The standard InChI is InChI=1S/C14H14N2O5S2/c1-20-9-3-8(4-10(5-9)21-2)15-6-11-13(19)16(7-12(17)18)14(22)23-11/h3-6,19H,7H2,1-2H3,(H,17,18)/p-1. The van der Waals surface area contributed by atoms with Crippen molar-refractivity contribution in [3.05, 3.63) is 27.0 Å². The van der Waals surface area contributed by atoms with Crippen molar-refractivity contribution in [1.29, 1.82) is 0 Å². The number of methoxy groups -OCH3 is 2. The fraction of sp³-hybridized carbons (Fsp3) is 0.214. The number of rotatable bonds is 6. The van der Waals surface area contributed by atoms with Gasteiger partial charge < -0.3 is 24.5 Å². The smallest absolute Gasteiger partial charge is 0.212 e. The van der Waals surface area contributed by atoms with Crippen molar-refractivity contribution in [2.24, 2.45) is 4.99 Å². The van der Waals surface area contributed by atoms with Crippen LogP contribution in [0.15, 0.2) is 23.2 Å². The van der Waals surface area contributed by atoms with Gasteiger partial charge in [0.15, 0.2) is 3.95 Å². The molecule has 0 fully saturated rings. The van der Waals surface area contributed by atoms with E-state index < -0.39 is 12.5 Å². The van der Waals surface area contributed by atoms with Crippen molar-refractivity contribution in [2.45, 2.75) is 6.54 Å². The summed E-state index contributed by atoms with van der Waals surface area (Å²) in [6.45, 7) is -0.512. The number of thiazole rings is 1. The molecule has 9 heteroatoms. The Labute approximate surface area is 141 Å². The number of carboxylic acid groups (broad SMARTS) is 1. The Kier molecular flexibility index (Phi) is 5.35. The number of aliphatic carboxylic acids is 1. The molecule has 0 unspecified atom stereocenters. The van der Waals surface area contributed by atoms with Crippen LogP contribution in [-0.2, 0) is 11.3 Å². The third kappa shape index (κ3) is 4.08. The summed E-state index contributed by atoms with van der Waals surface area (Å²) < 4.78 is 11.6. The second-order valence-corrected chi connectivity index (χ2v) is 6.02. The molecule has 0 radical (unpaired) electrons. The van der Waals surface area contributed by atoms with Gasteiger partial charge in [0.1, 0.15) is 16.4 Å². The van der Waals surface area contributed by atoms with Crippen LogP contribution in [0.1, 0.15) is 4.88 Å². The minimum absolute atomic E-state index is 0.219. The normalized spacial score (nSPS) is 10.9. The SMILES string of the molecule is COc1cc(N=Cc2sc(=S)n(CC(=O)[O-])c2O)cc(OC)c1. The van der Waals surface area contributed by atoms with Gasteiger partial charge in [-0.05, 0) is 12.2 Å². The van der Waals surface area contributed by atoms with Crippen LogP contribution in [0.5, 0.6) is 17.4 Å². The van der Waals surface area contributed by atoms with Crippen molar-refractivity contribution < 1.29 is 24.5 Å². The van der Waals surface area contributed by atoms with Gasteiger partial charge in [0, 0.05) is 18.2 Å². The molecule has 1 aromatic carbocycles. The fourth-order valence-corrected chi connectivity index (χ4v) is 2.94. The van der Waals surface area contributed by atoms with Crippen molar-refractivity contribution in [1.82, 2.24) is 4.57 Å². The quantitative estimate of drug-likeness (QED) is 0.624. The van der Waals surface area contributed by atoms with Gasteiger partial charge in [-0.1, -0.05) is 11.3 Å². The highest BCUT2D eigenvalue weighted by Gasteiger charge is 2.10. The number of aromatic nitrogens is 1. The summed E-state index contributed by atoms with van der Waals surface area (Å²) in [6, 6.07) is 5.08. The Morgan fingerprint density at radius 3 is 2.52 bits per heavy atom. The van der Waals surface area contributed by atoms with E-state index in [1.165, 1.54) is 20.4 Å². The van der Waals surface area contributed by atoms with E-state index in [-0.39, 0.29) is 9.83 Å². The van der Waals surface area contributed by atoms with E-state index in [0.717, 1.165) is 15.9 Å². The molecule has 23 heavy (non-hydrogen) atoms. The molecular formula is C14H13N2O5S2-. The van der Waals surface area contributed by atoms with Crippen LogP contribution >= 0.6 is 23.6 Å². The zero-order chi connectivity index (χ0) is 17.0. The van der Waals surface area contributed by atoms with Crippen LogP contribution in [0.3, 0.4) is 0 Å². The minimum Gasteiger partial charge on any atom is -0.548 e. The van der Waals surface area contributed by atoms with Crippen LogP contribution in [-0.4, -0.2) is 36.1 Å². The fourth-order valence-electron chi connectivity index (χ4n) is 1.77. The summed E-state index contributed by atoms with van der Waals surface area (Å²) in [6.07, 6.45) is 1.40. The van der Waals surface area contributed by atoms with E-state index in [4.69, 9.17) is 21.7 Å². The molecule has 122 valence electrons. The molecule has 0 saturated heterocycles. The lowest BCUT2D eigenvalue weighted by molar-refractivity contribution is -0.306. The second-order valence-electron chi connectivity index (χ2n) is 4.34. The molecule has 0 amide bonds. The van der Waals surface area contributed by atoms with Crippen molar-refractivity contribution in [3.63, 3.8) is 0 Å². The summed E-state index contributed by atoms with van der Waals surface area (Å²) in [4.78, 5) is 15.2. The largest absolute Gasteiger partial charge is 0.548 e. The first-order chi connectivity index (χ1) is 10.9. The van der Waals surface area contributed by atoms with Gasteiger partial charge in [0.05, 0.1) is 38.6 Å². The number of benzene rings is 1. The maximum absolute atomic E-state index is 10.7. The van der Waals surface area contributed by atoms with E-state index >= 15 is 0 Å². The number of nitrogens with zero attached hydrogens (tertiary/aromatic N) is 2. The third-order valence-electron chi connectivity index (χ3n) is 2.85. The molecule has 1 aromatic heterocycles. The van der Waals surface area contributed by atoms with E-state index in [0.29, 0.717) is 22.1 Å². The van der Waals surface area contributed by atoms with Gasteiger partial charge in [0.25, 0.3) is 0 Å². The average molecular weight is 353 g/mol. The summed E-state index contributed by atoms with van der Waals surface area (Å²) in [5.74, 6) is -0.455. The lowest BCUT2D eigenvalue weighted by atomic mass is 10.3. The molecule has 7 nitrogen and oxygen atoms in total. The predicted molar refractivity (Wildman–Crippen MR) is 86.6 cm³/mol. The number of hydrogen-bond donors (Lipinski definition) is 1. The topological polar surface area (TPSA) is 96.1 Å². The molecule has 0 aliphatic rings. The number of aromatic hydroxyl groups is 1. The first-order valence-electron chi connectivity index (χ1n) is 6.34. The Hall–Kier alpha value is -2.39. The Morgan fingerprint density at radius 2 is 2.00 bits per heavy atom. The highest BCUT2D eigenvalue weighted by molar-refractivity contribution is 7.73. The Balaban J connectivity index is 2.34.